The lowest BCUT2D eigenvalue weighted by Gasteiger charge is -2.20. The van der Waals surface area contributed by atoms with Gasteiger partial charge in [-0.05, 0) is 29.5 Å². The van der Waals surface area contributed by atoms with E-state index in [0.29, 0.717) is 5.76 Å². The summed E-state index contributed by atoms with van der Waals surface area (Å²) in [5.41, 5.74) is 1.88. The lowest BCUT2D eigenvalue weighted by molar-refractivity contribution is 0.104. The van der Waals surface area contributed by atoms with E-state index in [-0.39, 0.29) is 11.3 Å². The summed E-state index contributed by atoms with van der Waals surface area (Å²) in [6, 6.07) is 5.87. The van der Waals surface area contributed by atoms with Gasteiger partial charge in [-0.1, -0.05) is 34.6 Å². The third-order valence-electron chi connectivity index (χ3n) is 3.58. The number of rotatable bonds is 3. The van der Waals surface area contributed by atoms with E-state index < -0.39 is 6.10 Å². The number of methoxy groups -OCH3 is 1. The quantitative estimate of drug-likeness (QED) is 0.901. The Kier molecular flexibility index (Phi) is 3.83. The molecule has 1 aromatic heterocycles. The van der Waals surface area contributed by atoms with Crippen molar-refractivity contribution < 1.29 is 14.3 Å². The number of benzene rings is 1. The smallest absolute Gasteiger partial charge is 0.138 e. The highest BCUT2D eigenvalue weighted by atomic mass is 16.5. The number of hydrogen-bond donors (Lipinski definition) is 1. The highest BCUT2D eigenvalue weighted by molar-refractivity contribution is 5.84. The van der Waals surface area contributed by atoms with Gasteiger partial charge in [0.1, 0.15) is 23.2 Å². The highest BCUT2D eigenvalue weighted by Crippen LogP contribution is 2.37. The van der Waals surface area contributed by atoms with E-state index in [1.807, 2.05) is 32.0 Å². The van der Waals surface area contributed by atoms with Crippen LogP contribution >= 0.6 is 0 Å². The van der Waals surface area contributed by atoms with Gasteiger partial charge in [0.15, 0.2) is 0 Å². The zero-order valence-corrected chi connectivity index (χ0v) is 13.2. The zero-order chi connectivity index (χ0) is 15.1. The molecule has 1 N–H and O–H groups in total. The molecule has 0 spiro atoms. The Bertz CT molecular complexity index is 602. The van der Waals surface area contributed by atoms with Crippen LogP contribution in [0.5, 0.6) is 5.75 Å². The first-order valence-corrected chi connectivity index (χ1v) is 7.04. The SMILES string of the molecule is COc1cc(C(C)(C)C)c2oc(C(O)C(C)C)cc2c1. The van der Waals surface area contributed by atoms with E-state index >= 15 is 0 Å². The van der Waals surface area contributed by atoms with Gasteiger partial charge in [-0.15, -0.1) is 0 Å². The van der Waals surface area contributed by atoms with Crippen molar-refractivity contribution in [2.45, 2.75) is 46.1 Å². The van der Waals surface area contributed by atoms with E-state index in [2.05, 4.69) is 20.8 Å². The van der Waals surface area contributed by atoms with Gasteiger partial charge in [0, 0.05) is 10.9 Å². The Labute approximate surface area is 120 Å². The fraction of sp³-hybridized carbons (Fsp3) is 0.529. The minimum Gasteiger partial charge on any atom is -0.497 e. The van der Waals surface area contributed by atoms with Crippen molar-refractivity contribution in [1.82, 2.24) is 0 Å². The van der Waals surface area contributed by atoms with Gasteiger partial charge in [0.2, 0.25) is 0 Å². The van der Waals surface area contributed by atoms with E-state index in [4.69, 9.17) is 9.15 Å². The molecule has 0 aliphatic carbocycles. The highest BCUT2D eigenvalue weighted by Gasteiger charge is 2.24. The third-order valence-corrected chi connectivity index (χ3v) is 3.58. The molecule has 0 bridgehead atoms. The molecule has 0 saturated carbocycles. The predicted octanol–water partition coefficient (Wildman–Crippen LogP) is 4.43. The van der Waals surface area contributed by atoms with Crippen LogP contribution in [0, 0.1) is 5.92 Å². The van der Waals surface area contributed by atoms with Crippen LogP contribution in [-0.2, 0) is 5.41 Å². The summed E-state index contributed by atoms with van der Waals surface area (Å²) in [4.78, 5) is 0. The average Bonchev–Trinajstić information content (AvgIpc) is 2.78. The largest absolute Gasteiger partial charge is 0.497 e. The van der Waals surface area contributed by atoms with Gasteiger partial charge in [-0.25, -0.2) is 0 Å². The molecule has 20 heavy (non-hydrogen) atoms. The van der Waals surface area contributed by atoms with Crippen molar-refractivity contribution in [1.29, 1.82) is 0 Å². The maximum atomic E-state index is 10.2. The predicted molar refractivity (Wildman–Crippen MR) is 81.3 cm³/mol. The second kappa shape index (κ2) is 5.13. The zero-order valence-electron chi connectivity index (χ0n) is 13.2. The van der Waals surface area contributed by atoms with Gasteiger partial charge < -0.3 is 14.3 Å². The van der Waals surface area contributed by atoms with E-state index in [0.717, 1.165) is 22.3 Å². The van der Waals surface area contributed by atoms with Gasteiger partial charge >= 0.3 is 0 Å². The fourth-order valence-electron chi connectivity index (χ4n) is 2.29. The van der Waals surface area contributed by atoms with Crippen LogP contribution < -0.4 is 4.74 Å². The van der Waals surface area contributed by atoms with Gasteiger partial charge in [-0.2, -0.15) is 0 Å². The van der Waals surface area contributed by atoms with Gasteiger partial charge in [0.05, 0.1) is 7.11 Å². The van der Waals surface area contributed by atoms with Crippen LogP contribution in [0.25, 0.3) is 11.0 Å². The second-order valence-corrected chi connectivity index (χ2v) is 6.68. The van der Waals surface area contributed by atoms with E-state index in [1.54, 1.807) is 7.11 Å². The Morgan fingerprint density at radius 1 is 1.15 bits per heavy atom. The molecule has 0 aliphatic rings. The number of furan rings is 1. The standard InChI is InChI=1S/C17H24O3/c1-10(2)15(18)14-8-11-7-12(19-6)9-13(16(11)20-14)17(3,4)5/h7-10,15,18H,1-6H3. The minimum absolute atomic E-state index is 0.0509. The molecule has 2 aromatic rings. The maximum absolute atomic E-state index is 10.2. The molecular formula is C17H24O3. The molecule has 0 fully saturated rings. The molecule has 1 heterocycles. The molecule has 3 nitrogen and oxygen atoms in total. The van der Waals surface area contributed by atoms with Crippen LogP contribution in [0.1, 0.15) is 52.0 Å². The van der Waals surface area contributed by atoms with Crippen molar-refractivity contribution in [2.75, 3.05) is 7.11 Å². The number of aliphatic hydroxyl groups is 1. The van der Waals surface area contributed by atoms with Crippen molar-refractivity contribution in [3.8, 4) is 5.75 Å². The van der Waals surface area contributed by atoms with E-state index in [1.165, 1.54) is 0 Å². The Morgan fingerprint density at radius 2 is 1.80 bits per heavy atom. The van der Waals surface area contributed by atoms with Crippen molar-refractivity contribution >= 4 is 11.0 Å². The minimum atomic E-state index is -0.582. The summed E-state index contributed by atoms with van der Waals surface area (Å²) in [6.45, 7) is 10.4. The summed E-state index contributed by atoms with van der Waals surface area (Å²) in [5, 5.41) is 11.2. The van der Waals surface area contributed by atoms with E-state index in [9.17, 15) is 5.11 Å². The molecule has 1 aromatic carbocycles. The molecule has 1 unspecified atom stereocenters. The molecule has 2 rings (SSSR count). The van der Waals surface area contributed by atoms with Crippen LogP contribution in [0.4, 0.5) is 0 Å². The van der Waals surface area contributed by atoms with Crippen LogP contribution in [0.15, 0.2) is 22.6 Å². The van der Waals surface area contributed by atoms with Gasteiger partial charge in [0.25, 0.3) is 0 Å². The lowest BCUT2D eigenvalue weighted by atomic mass is 9.86. The second-order valence-electron chi connectivity index (χ2n) is 6.68. The third kappa shape index (κ3) is 2.68. The maximum Gasteiger partial charge on any atom is 0.138 e. The molecular weight excluding hydrogens is 252 g/mol. The van der Waals surface area contributed by atoms with Crippen molar-refractivity contribution in [2.24, 2.45) is 5.92 Å². The number of hydrogen-bond acceptors (Lipinski definition) is 3. The van der Waals surface area contributed by atoms with Gasteiger partial charge in [-0.3, -0.25) is 0 Å². The molecule has 0 aliphatic heterocycles. The average molecular weight is 276 g/mol. The summed E-state index contributed by atoms with van der Waals surface area (Å²) in [5.74, 6) is 1.55. The Balaban J connectivity index is 2.66. The molecule has 0 saturated heterocycles. The fourth-order valence-corrected chi connectivity index (χ4v) is 2.29. The molecule has 110 valence electrons. The lowest BCUT2D eigenvalue weighted by Crippen LogP contribution is -2.11. The number of fused-ring (bicyclic) bond motifs is 1. The Hall–Kier alpha value is -1.48. The molecule has 3 heteroatoms. The first-order valence-electron chi connectivity index (χ1n) is 7.04. The number of ether oxygens (including phenoxy) is 1. The molecule has 0 amide bonds. The molecule has 1 atom stereocenters. The summed E-state index contributed by atoms with van der Waals surface area (Å²) in [6.07, 6.45) is -0.582. The first-order chi connectivity index (χ1) is 9.24. The summed E-state index contributed by atoms with van der Waals surface area (Å²) in [7, 11) is 1.66. The molecule has 0 radical (unpaired) electrons. The van der Waals surface area contributed by atoms with Crippen molar-refractivity contribution in [3.63, 3.8) is 0 Å². The van der Waals surface area contributed by atoms with Crippen LogP contribution in [0.2, 0.25) is 0 Å². The van der Waals surface area contributed by atoms with Crippen LogP contribution in [0.3, 0.4) is 0 Å². The summed E-state index contributed by atoms with van der Waals surface area (Å²) < 4.78 is 11.3. The first kappa shape index (κ1) is 14.9. The number of aliphatic hydroxyl groups excluding tert-OH is 1. The Morgan fingerprint density at radius 3 is 2.30 bits per heavy atom. The summed E-state index contributed by atoms with van der Waals surface area (Å²) >= 11 is 0. The topological polar surface area (TPSA) is 42.6 Å². The van der Waals surface area contributed by atoms with Crippen molar-refractivity contribution in [3.05, 3.63) is 29.5 Å². The van der Waals surface area contributed by atoms with Crippen LogP contribution in [-0.4, -0.2) is 12.2 Å². The normalized spacial score (nSPS) is 14.0. The monoisotopic (exact) mass is 276 g/mol.